The summed E-state index contributed by atoms with van der Waals surface area (Å²) in [6.45, 7) is 8.55. The molecule has 3 heterocycles. The monoisotopic (exact) mass is 380 g/mol. The number of para-hydroxylation sites is 1. The summed E-state index contributed by atoms with van der Waals surface area (Å²) in [5, 5.41) is 5.25. The van der Waals surface area contributed by atoms with Crippen molar-refractivity contribution in [3.8, 4) is 0 Å². The van der Waals surface area contributed by atoms with Crippen LogP contribution in [0, 0.1) is 13.8 Å². The van der Waals surface area contributed by atoms with Gasteiger partial charge in [0.1, 0.15) is 11.1 Å². The number of hydrogen-bond acceptors (Lipinski definition) is 5. The Labute approximate surface area is 163 Å². The molecule has 4 rings (SSSR count). The zero-order chi connectivity index (χ0) is 19.7. The number of piperazine rings is 1. The third kappa shape index (κ3) is 3.71. The molecular weight excluding hydrogens is 356 g/mol. The van der Waals surface area contributed by atoms with Crippen LogP contribution in [0.4, 0.5) is 0 Å². The van der Waals surface area contributed by atoms with E-state index in [0.717, 1.165) is 43.0 Å². The van der Waals surface area contributed by atoms with Gasteiger partial charge in [0.15, 0.2) is 0 Å². The van der Waals surface area contributed by atoms with Crippen molar-refractivity contribution >= 4 is 16.9 Å². The summed E-state index contributed by atoms with van der Waals surface area (Å²) < 4.78 is 7.32. The predicted octanol–water partition coefficient (Wildman–Crippen LogP) is 2.06. The molecule has 0 saturated carbocycles. The van der Waals surface area contributed by atoms with E-state index in [4.69, 9.17) is 4.42 Å². The Morgan fingerprint density at radius 2 is 1.82 bits per heavy atom. The molecule has 0 bridgehead atoms. The molecular formula is C21H24N4O3. The summed E-state index contributed by atoms with van der Waals surface area (Å²) >= 11 is 0. The number of rotatable bonds is 4. The Morgan fingerprint density at radius 1 is 1.07 bits per heavy atom. The first kappa shape index (κ1) is 18.4. The van der Waals surface area contributed by atoms with E-state index < -0.39 is 5.63 Å². The fourth-order valence-corrected chi connectivity index (χ4v) is 3.69. The zero-order valence-electron chi connectivity index (χ0n) is 16.2. The average molecular weight is 380 g/mol. The third-order valence-corrected chi connectivity index (χ3v) is 5.26. The summed E-state index contributed by atoms with van der Waals surface area (Å²) in [5.41, 5.74) is 2.22. The van der Waals surface area contributed by atoms with Crippen molar-refractivity contribution in [2.75, 3.05) is 32.7 Å². The van der Waals surface area contributed by atoms with E-state index in [1.54, 1.807) is 23.1 Å². The number of hydrogen-bond donors (Lipinski definition) is 0. The van der Waals surface area contributed by atoms with Crippen LogP contribution in [0.2, 0.25) is 0 Å². The lowest BCUT2D eigenvalue weighted by Crippen LogP contribution is -2.50. The lowest BCUT2D eigenvalue weighted by molar-refractivity contribution is 0.0628. The molecule has 7 heteroatoms. The molecule has 0 aliphatic carbocycles. The lowest BCUT2D eigenvalue weighted by atomic mass is 10.1. The molecule has 1 aromatic carbocycles. The van der Waals surface area contributed by atoms with Crippen molar-refractivity contribution in [3.05, 3.63) is 63.8 Å². The SMILES string of the molecule is Cc1cc(C)n(CCN2CCN(C(=O)c3cc4ccccc4oc3=O)CC2)n1. The number of nitrogens with zero attached hydrogens (tertiary/aromatic N) is 4. The summed E-state index contributed by atoms with van der Waals surface area (Å²) in [4.78, 5) is 29.1. The van der Waals surface area contributed by atoms with Gasteiger partial charge in [0.05, 0.1) is 12.2 Å². The molecule has 0 spiro atoms. The van der Waals surface area contributed by atoms with Gasteiger partial charge in [0.25, 0.3) is 5.91 Å². The van der Waals surface area contributed by atoms with E-state index in [2.05, 4.69) is 23.0 Å². The van der Waals surface area contributed by atoms with Gasteiger partial charge in [0.2, 0.25) is 0 Å². The number of carbonyl (C=O) groups excluding carboxylic acids is 1. The zero-order valence-corrected chi connectivity index (χ0v) is 16.2. The highest BCUT2D eigenvalue weighted by Crippen LogP contribution is 2.15. The molecule has 0 unspecified atom stereocenters. The number of amides is 1. The van der Waals surface area contributed by atoms with Gasteiger partial charge in [-0.2, -0.15) is 5.10 Å². The minimum absolute atomic E-state index is 0.106. The van der Waals surface area contributed by atoms with Crippen molar-refractivity contribution in [1.29, 1.82) is 0 Å². The molecule has 146 valence electrons. The highest BCUT2D eigenvalue weighted by Gasteiger charge is 2.24. The lowest BCUT2D eigenvalue weighted by Gasteiger charge is -2.34. The number of carbonyl (C=O) groups is 1. The van der Waals surface area contributed by atoms with Gasteiger partial charge in [-0.1, -0.05) is 18.2 Å². The molecule has 1 fully saturated rings. The van der Waals surface area contributed by atoms with Crippen LogP contribution in [0.3, 0.4) is 0 Å². The predicted molar refractivity (Wildman–Crippen MR) is 107 cm³/mol. The van der Waals surface area contributed by atoms with Crippen LogP contribution in [-0.2, 0) is 6.54 Å². The fourth-order valence-electron chi connectivity index (χ4n) is 3.69. The van der Waals surface area contributed by atoms with E-state index in [9.17, 15) is 9.59 Å². The van der Waals surface area contributed by atoms with Crippen LogP contribution in [0.25, 0.3) is 11.0 Å². The Kier molecular flexibility index (Phi) is 5.00. The van der Waals surface area contributed by atoms with E-state index in [1.165, 1.54) is 0 Å². The van der Waals surface area contributed by atoms with Gasteiger partial charge < -0.3 is 9.32 Å². The third-order valence-electron chi connectivity index (χ3n) is 5.26. The van der Waals surface area contributed by atoms with Crippen molar-refractivity contribution < 1.29 is 9.21 Å². The molecule has 1 amide bonds. The Hall–Kier alpha value is -2.93. The minimum atomic E-state index is -0.573. The van der Waals surface area contributed by atoms with Crippen LogP contribution in [0.1, 0.15) is 21.7 Å². The molecule has 0 radical (unpaired) electrons. The summed E-state index contributed by atoms with van der Waals surface area (Å²) in [6, 6.07) is 10.9. The highest BCUT2D eigenvalue weighted by atomic mass is 16.4. The molecule has 1 saturated heterocycles. The number of aryl methyl sites for hydroxylation is 2. The number of fused-ring (bicyclic) bond motifs is 1. The topological polar surface area (TPSA) is 71.6 Å². The van der Waals surface area contributed by atoms with Crippen LogP contribution >= 0.6 is 0 Å². The van der Waals surface area contributed by atoms with Gasteiger partial charge >= 0.3 is 5.63 Å². The maximum Gasteiger partial charge on any atom is 0.349 e. The average Bonchev–Trinajstić information content (AvgIpc) is 3.02. The standard InChI is InChI=1S/C21H24N4O3/c1-15-13-16(2)25(22-15)12-9-23-7-10-24(11-8-23)20(26)18-14-17-5-3-4-6-19(17)28-21(18)27/h3-6,13-14H,7-12H2,1-2H3. The van der Waals surface area contributed by atoms with E-state index in [-0.39, 0.29) is 11.5 Å². The molecule has 1 aliphatic heterocycles. The van der Waals surface area contributed by atoms with Crippen LogP contribution in [0.15, 0.2) is 45.6 Å². The Morgan fingerprint density at radius 3 is 2.54 bits per heavy atom. The Bertz CT molecular complexity index is 1060. The first-order valence-corrected chi connectivity index (χ1v) is 9.57. The second-order valence-corrected chi connectivity index (χ2v) is 7.27. The molecule has 1 aliphatic rings. The maximum atomic E-state index is 12.8. The van der Waals surface area contributed by atoms with E-state index in [0.29, 0.717) is 18.7 Å². The maximum absolute atomic E-state index is 12.8. The second kappa shape index (κ2) is 7.59. The molecule has 7 nitrogen and oxygen atoms in total. The van der Waals surface area contributed by atoms with Crippen LogP contribution in [-0.4, -0.2) is 58.2 Å². The molecule has 28 heavy (non-hydrogen) atoms. The second-order valence-electron chi connectivity index (χ2n) is 7.27. The van der Waals surface area contributed by atoms with Crippen molar-refractivity contribution in [1.82, 2.24) is 19.6 Å². The summed E-state index contributed by atoms with van der Waals surface area (Å²) in [6.07, 6.45) is 0. The Balaban J connectivity index is 1.38. The van der Waals surface area contributed by atoms with E-state index in [1.807, 2.05) is 23.7 Å². The highest BCUT2D eigenvalue weighted by molar-refractivity contribution is 5.96. The normalized spacial score (nSPS) is 15.3. The smallest absolute Gasteiger partial charge is 0.349 e. The van der Waals surface area contributed by atoms with Gasteiger partial charge in [-0.15, -0.1) is 0 Å². The first-order valence-electron chi connectivity index (χ1n) is 9.57. The van der Waals surface area contributed by atoms with Crippen LogP contribution in [0.5, 0.6) is 0 Å². The number of benzene rings is 1. The fraction of sp³-hybridized carbons (Fsp3) is 0.381. The summed E-state index contributed by atoms with van der Waals surface area (Å²) in [5.74, 6) is -0.252. The van der Waals surface area contributed by atoms with Gasteiger partial charge in [-0.25, -0.2) is 4.79 Å². The van der Waals surface area contributed by atoms with E-state index >= 15 is 0 Å². The number of aromatic nitrogens is 2. The quantitative estimate of drug-likeness (QED) is 0.648. The largest absolute Gasteiger partial charge is 0.422 e. The van der Waals surface area contributed by atoms with Crippen LogP contribution < -0.4 is 5.63 Å². The first-order chi connectivity index (χ1) is 13.5. The molecule has 2 aromatic heterocycles. The molecule has 0 atom stereocenters. The van der Waals surface area contributed by atoms with Gasteiger partial charge in [-0.05, 0) is 32.0 Å². The van der Waals surface area contributed by atoms with Crippen molar-refractivity contribution in [2.45, 2.75) is 20.4 Å². The van der Waals surface area contributed by atoms with Crippen molar-refractivity contribution in [2.24, 2.45) is 0 Å². The van der Waals surface area contributed by atoms with Crippen molar-refractivity contribution in [3.63, 3.8) is 0 Å². The molecule has 3 aromatic rings. The van der Waals surface area contributed by atoms with Gasteiger partial charge in [-0.3, -0.25) is 14.4 Å². The van der Waals surface area contributed by atoms with Gasteiger partial charge in [0, 0.05) is 43.8 Å². The summed E-state index contributed by atoms with van der Waals surface area (Å²) in [7, 11) is 0. The minimum Gasteiger partial charge on any atom is -0.422 e. The molecule has 0 N–H and O–H groups in total.